The van der Waals surface area contributed by atoms with Crippen molar-refractivity contribution >= 4 is 45.0 Å². The van der Waals surface area contributed by atoms with Gasteiger partial charge in [-0.05, 0) is 45.0 Å². The molecule has 0 fully saturated rings. The summed E-state index contributed by atoms with van der Waals surface area (Å²) in [7, 11) is 1.32. The van der Waals surface area contributed by atoms with Crippen LogP contribution in [0.2, 0.25) is 5.02 Å². The molecule has 0 aliphatic heterocycles. The first kappa shape index (κ1) is 19.3. The highest BCUT2D eigenvalue weighted by Crippen LogP contribution is 2.22. The molecule has 9 heteroatoms. The average molecular weight is 407 g/mol. The Balaban J connectivity index is 2.16. The Labute approximate surface area is 164 Å². The first-order valence-electron chi connectivity index (χ1n) is 8.31. The van der Waals surface area contributed by atoms with Gasteiger partial charge in [0.2, 0.25) is 0 Å². The van der Waals surface area contributed by atoms with Crippen LogP contribution in [0.25, 0.3) is 10.2 Å². The smallest absolute Gasteiger partial charge is 0.325 e. The van der Waals surface area contributed by atoms with E-state index in [4.69, 9.17) is 16.3 Å². The Morgan fingerprint density at radius 1 is 1.33 bits per heavy atom. The average Bonchev–Trinajstić information content (AvgIpc) is 3.15. The van der Waals surface area contributed by atoms with E-state index in [1.54, 1.807) is 33.5 Å². The van der Waals surface area contributed by atoms with Gasteiger partial charge >= 0.3 is 5.97 Å². The zero-order valence-corrected chi connectivity index (χ0v) is 17.0. The molecule has 0 radical (unpaired) electrons. The van der Waals surface area contributed by atoms with Crippen LogP contribution in [0.1, 0.15) is 36.1 Å². The number of aromatic nitrogens is 3. The van der Waals surface area contributed by atoms with Crippen LogP contribution in [0.4, 0.5) is 0 Å². The van der Waals surface area contributed by atoms with E-state index in [9.17, 15) is 9.59 Å². The lowest BCUT2D eigenvalue weighted by molar-refractivity contribution is -0.141. The minimum Gasteiger partial charge on any atom is -0.468 e. The van der Waals surface area contributed by atoms with Crippen molar-refractivity contribution in [3.05, 3.63) is 45.5 Å². The van der Waals surface area contributed by atoms with Gasteiger partial charge in [-0.2, -0.15) is 10.1 Å². The number of hydrogen-bond acceptors (Lipinski definition) is 5. The van der Waals surface area contributed by atoms with Gasteiger partial charge < -0.3 is 9.30 Å². The van der Waals surface area contributed by atoms with Gasteiger partial charge in [0.1, 0.15) is 12.2 Å². The van der Waals surface area contributed by atoms with Crippen LogP contribution in [-0.4, -0.2) is 33.3 Å². The van der Waals surface area contributed by atoms with Crippen molar-refractivity contribution in [2.45, 2.75) is 33.4 Å². The predicted octanol–water partition coefficient (Wildman–Crippen LogP) is 3.36. The Bertz CT molecular complexity index is 1090. The van der Waals surface area contributed by atoms with Crippen LogP contribution in [0.5, 0.6) is 0 Å². The van der Waals surface area contributed by atoms with E-state index in [-0.39, 0.29) is 12.6 Å². The summed E-state index contributed by atoms with van der Waals surface area (Å²) in [5, 5.41) is 4.92. The number of fused-ring (bicyclic) bond motifs is 1. The molecule has 0 saturated heterocycles. The Hall–Kier alpha value is -2.45. The molecule has 0 N–H and O–H groups in total. The predicted molar refractivity (Wildman–Crippen MR) is 104 cm³/mol. The number of esters is 1. The van der Waals surface area contributed by atoms with E-state index in [2.05, 4.69) is 10.1 Å². The maximum absolute atomic E-state index is 12.8. The van der Waals surface area contributed by atoms with Crippen molar-refractivity contribution in [2.75, 3.05) is 7.11 Å². The number of carbonyl (C=O) groups is 2. The summed E-state index contributed by atoms with van der Waals surface area (Å²) in [4.78, 5) is 29.3. The lowest BCUT2D eigenvalue weighted by Crippen LogP contribution is -2.23. The second-order valence-corrected chi connectivity index (χ2v) is 7.73. The molecular weight excluding hydrogens is 388 g/mol. The Morgan fingerprint density at radius 2 is 2.07 bits per heavy atom. The fraction of sp³-hybridized carbons (Fsp3) is 0.333. The summed E-state index contributed by atoms with van der Waals surface area (Å²) >= 11 is 7.36. The largest absolute Gasteiger partial charge is 0.468 e. The minimum absolute atomic E-state index is 0.0243. The van der Waals surface area contributed by atoms with Crippen molar-refractivity contribution in [1.82, 2.24) is 14.3 Å². The third-order valence-electron chi connectivity index (χ3n) is 3.92. The molecule has 0 atom stereocenters. The number of rotatable bonds is 4. The van der Waals surface area contributed by atoms with Crippen LogP contribution in [0.3, 0.4) is 0 Å². The van der Waals surface area contributed by atoms with Gasteiger partial charge in [0, 0.05) is 11.1 Å². The highest BCUT2D eigenvalue weighted by Gasteiger charge is 2.17. The molecule has 27 heavy (non-hydrogen) atoms. The highest BCUT2D eigenvalue weighted by atomic mass is 35.5. The number of nitrogens with zero attached hydrogens (tertiary/aromatic N) is 4. The van der Waals surface area contributed by atoms with E-state index in [1.807, 2.05) is 20.8 Å². The number of benzene rings is 1. The topological polar surface area (TPSA) is 78.5 Å². The fourth-order valence-electron chi connectivity index (χ4n) is 2.69. The summed E-state index contributed by atoms with van der Waals surface area (Å²) < 4.78 is 8.90. The van der Waals surface area contributed by atoms with Crippen molar-refractivity contribution in [1.29, 1.82) is 0 Å². The van der Waals surface area contributed by atoms with Gasteiger partial charge in [-0.25, -0.2) is 0 Å². The molecule has 1 amide bonds. The summed E-state index contributed by atoms with van der Waals surface area (Å²) in [5.74, 6) is -0.845. The molecule has 0 bridgehead atoms. The van der Waals surface area contributed by atoms with Crippen LogP contribution >= 0.6 is 22.9 Å². The lowest BCUT2D eigenvalue weighted by Gasteiger charge is -2.08. The second-order valence-electron chi connectivity index (χ2n) is 6.29. The summed E-state index contributed by atoms with van der Waals surface area (Å²) in [6.07, 6.45) is 0. The number of amides is 1. The van der Waals surface area contributed by atoms with Crippen molar-refractivity contribution < 1.29 is 14.3 Å². The van der Waals surface area contributed by atoms with Crippen LogP contribution in [-0.2, 0) is 16.1 Å². The zero-order chi connectivity index (χ0) is 19.7. The Kier molecular flexibility index (Phi) is 5.48. The minimum atomic E-state index is -0.429. The van der Waals surface area contributed by atoms with Gasteiger partial charge in [0.05, 0.1) is 23.0 Å². The van der Waals surface area contributed by atoms with E-state index in [0.717, 1.165) is 15.9 Å². The SMILES string of the molecule is COC(=O)Cn1c(=NC(=O)c2cc(C)nn2C(C)C)sc2cc(Cl)ccc21. The summed E-state index contributed by atoms with van der Waals surface area (Å²) in [6, 6.07) is 7.04. The molecule has 3 aromatic rings. The molecule has 7 nitrogen and oxygen atoms in total. The van der Waals surface area contributed by atoms with E-state index in [1.165, 1.54) is 18.4 Å². The number of ether oxygens (including phenoxy) is 1. The van der Waals surface area contributed by atoms with E-state index in [0.29, 0.717) is 15.5 Å². The number of methoxy groups -OCH3 is 1. The first-order valence-corrected chi connectivity index (χ1v) is 9.50. The molecule has 142 valence electrons. The number of aryl methyl sites for hydroxylation is 1. The summed E-state index contributed by atoms with van der Waals surface area (Å²) in [6.45, 7) is 5.67. The molecule has 3 rings (SSSR count). The van der Waals surface area contributed by atoms with Crippen LogP contribution < -0.4 is 4.80 Å². The molecule has 0 saturated carbocycles. The third kappa shape index (κ3) is 3.96. The van der Waals surface area contributed by atoms with Gasteiger partial charge in [0.15, 0.2) is 4.80 Å². The maximum Gasteiger partial charge on any atom is 0.325 e. The maximum atomic E-state index is 12.8. The molecule has 2 aromatic heterocycles. The second kappa shape index (κ2) is 7.66. The zero-order valence-electron chi connectivity index (χ0n) is 15.4. The van der Waals surface area contributed by atoms with Gasteiger partial charge in [0.25, 0.3) is 5.91 Å². The van der Waals surface area contributed by atoms with Crippen molar-refractivity contribution in [3.63, 3.8) is 0 Å². The van der Waals surface area contributed by atoms with Crippen molar-refractivity contribution in [3.8, 4) is 0 Å². The standard InChI is InChI=1S/C18H19ClN4O3S/c1-10(2)23-14(7-11(3)21-23)17(25)20-18-22(9-16(24)26-4)13-6-5-12(19)8-15(13)27-18/h5-8,10H,9H2,1-4H3. The molecule has 1 aromatic carbocycles. The fourth-order valence-corrected chi connectivity index (χ4v) is 4.00. The number of thiazole rings is 1. The monoisotopic (exact) mass is 406 g/mol. The molecule has 0 spiro atoms. The quantitative estimate of drug-likeness (QED) is 0.622. The number of carbonyl (C=O) groups excluding carboxylic acids is 2. The molecular formula is C18H19ClN4O3S. The highest BCUT2D eigenvalue weighted by molar-refractivity contribution is 7.16. The number of hydrogen-bond donors (Lipinski definition) is 0. The number of halogens is 1. The molecule has 0 aliphatic carbocycles. The first-order chi connectivity index (χ1) is 12.8. The normalized spacial score (nSPS) is 12.1. The summed E-state index contributed by atoms with van der Waals surface area (Å²) in [5.41, 5.74) is 1.91. The molecule has 2 heterocycles. The van der Waals surface area contributed by atoms with Gasteiger partial charge in [-0.1, -0.05) is 22.9 Å². The lowest BCUT2D eigenvalue weighted by atomic mass is 10.3. The van der Waals surface area contributed by atoms with E-state index >= 15 is 0 Å². The third-order valence-corrected chi connectivity index (χ3v) is 5.20. The van der Waals surface area contributed by atoms with Crippen molar-refractivity contribution in [2.24, 2.45) is 4.99 Å². The van der Waals surface area contributed by atoms with Gasteiger partial charge in [-0.3, -0.25) is 14.3 Å². The molecule has 0 aliphatic rings. The van der Waals surface area contributed by atoms with E-state index < -0.39 is 11.9 Å². The van der Waals surface area contributed by atoms with Gasteiger partial charge in [-0.15, -0.1) is 0 Å². The molecule has 0 unspecified atom stereocenters. The van der Waals surface area contributed by atoms with Crippen LogP contribution in [0.15, 0.2) is 29.3 Å². The Morgan fingerprint density at radius 3 is 2.74 bits per heavy atom. The van der Waals surface area contributed by atoms with Crippen LogP contribution in [0, 0.1) is 6.92 Å².